The van der Waals surface area contributed by atoms with Crippen LogP contribution in [-0.2, 0) is 0 Å². The number of nitrogens with zero attached hydrogens (tertiary/aromatic N) is 2. The molecule has 0 aliphatic rings. The number of fused-ring (bicyclic) bond motifs is 3. The molecule has 2 aromatic heterocycles. The second kappa shape index (κ2) is 10.8. The van der Waals surface area contributed by atoms with Crippen LogP contribution >= 0.6 is 0 Å². The van der Waals surface area contributed by atoms with Crippen molar-refractivity contribution in [3.05, 3.63) is 95.3 Å². The summed E-state index contributed by atoms with van der Waals surface area (Å²) < 4.78 is 21.4. The van der Waals surface area contributed by atoms with Gasteiger partial charge >= 0.3 is 0 Å². The fourth-order valence-electron chi connectivity index (χ4n) is 3.94. The molecule has 0 amide bonds. The normalized spacial score (nSPS) is 10.2. The highest BCUT2D eigenvalue weighted by molar-refractivity contribution is 6.03. The van der Waals surface area contributed by atoms with E-state index in [1.807, 2.05) is 72.8 Å². The summed E-state index contributed by atoms with van der Waals surface area (Å²) in [6, 6.07) is 22.9. The van der Waals surface area contributed by atoms with Gasteiger partial charge in [0.25, 0.3) is 0 Å². The van der Waals surface area contributed by atoms with Crippen LogP contribution in [0.5, 0.6) is 23.0 Å². The lowest BCUT2D eigenvalue weighted by Gasteiger charge is -2.05. The summed E-state index contributed by atoms with van der Waals surface area (Å²) in [7, 11) is 6.45. The van der Waals surface area contributed by atoms with Crippen LogP contribution in [0.25, 0.3) is 21.8 Å². The summed E-state index contributed by atoms with van der Waals surface area (Å²) in [5.41, 5.74) is 4.34. The molecule has 0 spiro atoms. The van der Waals surface area contributed by atoms with E-state index in [1.54, 1.807) is 28.4 Å². The van der Waals surface area contributed by atoms with Gasteiger partial charge in [0.2, 0.25) is 0 Å². The first kappa shape index (κ1) is 24.5. The molecule has 0 radical (unpaired) electrons. The summed E-state index contributed by atoms with van der Waals surface area (Å²) in [6.45, 7) is 0. The van der Waals surface area contributed by atoms with E-state index in [9.17, 15) is 0 Å². The van der Waals surface area contributed by atoms with Crippen molar-refractivity contribution in [2.24, 2.45) is 0 Å². The third kappa shape index (κ3) is 5.31. The highest BCUT2D eigenvalue weighted by atomic mass is 16.5. The Hall–Kier alpha value is -5.20. The van der Waals surface area contributed by atoms with E-state index in [-0.39, 0.29) is 0 Å². The zero-order chi connectivity index (χ0) is 26.5. The average Bonchev–Trinajstić information content (AvgIpc) is 2.98. The molecule has 38 heavy (non-hydrogen) atoms. The Morgan fingerprint density at radius 3 is 1.13 bits per heavy atom. The van der Waals surface area contributed by atoms with E-state index in [4.69, 9.17) is 28.9 Å². The molecule has 5 rings (SSSR count). The van der Waals surface area contributed by atoms with Gasteiger partial charge < -0.3 is 18.9 Å². The van der Waals surface area contributed by atoms with Crippen LogP contribution in [0.15, 0.2) is 72.8 Å². The molecule has 0 atom stereocenters. The number of pyridine rings is 2. The maximum absolute atomic E-state index is 5.34. The van der Waals surface area contributed by atoms with E-state index >= 15 is 0 Å². The highest BCUT2D eigenvalue weighted by Gasteiger charge is 2.06. The van der Waals surface area contributed by atoms with Gasteiger partial charge in [-0.25, -0.2) is 9.97 Å². The molecule has 0 aliphatic heterocycles. The quantitative estimate of drug-likeness (QED) is 0.236. The van der Waals surface area contributed by atoms with Gasteiger partial charge in [-0.2, -0.15) is 0 Å². The topological polar surface area (TPSA) is 62.7 Å². The Morgan fingerprint density at radius 2 is 0.789 bits per heavy atom. The standard InChI is InChI=1S/C32H24N2O4/c1-35-27-15-21(16-28(19-27)36-2)5-11-25-13-9-23-7-8-24-10-14-26(34-32(24)31(23)33-25)12-6-22-17-29(37-3)20-30(18-22)38-4/h7-10,13-20H,1-4H3. The van der Waals surface area contributed by atoms with Crippen molar-refractivity contribution in [3.63, 3.8) is 0 Å². The fourth-order valence-corrected chi connectivity index (χ4v) is 3.94. The predicted octanol–water partition coefficient (Wildman–Crippen LogP) is 5.62. The molecule has 0 fully saturated rings. The van der Waals surface area contributed by atoms with Crippen molar-refractivity contribution in [1.82, 2.24) is 9.97 Å². The number of benzene rings is 3. The van der Waals surface area contributed by atoms with Crippen molar-refractivity contribution in [2.45, 2.75) is 0 Å². The molecule has 0 bridgehead atoms. The van der Waals surface area contributed by atoms with Crippen LogP contribution in [0.1, 0.15) is 22.5 Å². The van der Waals surface area contributed by atoms with Gasteiger partial charge in [0.05, 0.1) is 39.5 Å². The molecule has 5 aromatic rings. The molecule has 2 heterocycles. The summed E-state index contributed by atoms with van der Waals surface area (Å²) in [6.07, 6.45) is 0. The molecular formula is C32H24N2O4. The Kier molecular flexibility index (Phi) is 6.97. The van der Waals surface area contributed by atoms with Crippen LogP contribution in [-0.4, -0.2) is 38.4 Å². The van der Waals surface area contributed by atoms with E-state index in [1.165, 1.54) is 0 Å². The van der Waals surface area contributed by atoms with Crippen molar-refractivity contribution in [1.29, 1.82) is 0 Å². The van der Waals surface area contributed by atoms with Crippen LogP contribution in [0.2, 0.25) is 0 Å². The van der Waals surface area contributed by atoms with Crippen molar-refractivity contribution in [2.75, 3.05) is 28.4 Å². The van der Waals surface area contributed by atoms with Crippen LogP contribution in [0, 0.1) is 23.7 Å². The van der Waals surface area contributed by atoms with Gasteiger partial charge in [-0.3, -0.25) is 0 Å². The van der Waals surface area contributed by atoms with Crippen molar-refractivity contribution < 1.29 is 18.9 Å². The summed E-state index contributed by atoms with van der Waals surface area (Å²) in [5, 5.41) is 1.95. The van der Waals surface area contributed by atoms with Gasteiger partial charge in [-0.15, -0.1) is 0 Å². The number of hydrogen-bond donors (Lipinski definition) is 0. The third-order valence-corrected chi connectivity index (χ3v) is 5.89. The third-order valence-electron chi connectivity index (χ3n) is 5.89. The first-order valence-corrected chi connectivity index (χ1v) is 11.8. The number of rotatable bonds is 4. The molecule has 0 unspecified atom stereocenters. The van der Waals surface area contributed by atoms with Gasteiger partial charge in [-0.05, 0) is 60.4 Å². The lowest BCUT2D eigenvalue weighted by Crippen LogP contribution is -1.91. The van der Waals surface area contributed by atoms with Crippen LogP contribution in [0.4, 0.5) is 0 Å². The molecule has 0 N–H and O–H groups in total. The minimum Gasteiger partial charge on any atom is -0.497 e. The Bertz CT molecular complexity index is 1610. The van der Waals surface area contributed by atoms with Gasteiger partial charge in [0.1, 0.15) is 34.4 Å². The molecule has 3 aromatic carbocycles. The molecular weight excluding hydrogens is 476 g/mol. The van der Waals surface area contributed by atoms with Crippen molar-refractivity contribution in [3.8, 4) is 46.7 Å². The zero-order valence-corrected chi connectivity index (χ0v) is 21.5. The molecule has 6 nitrogen and oxygen atoms in total. The molecule has 6 heteroatoms. The molecule has 0 saturated carbocycles. The molecule has 0 saturated heterocycles. The summed E-state index contributed by atoms with van der Waals surface area (Å²) >= 11 is 0. The monoisotopic (exact) mass is 500 g/mol. The summed E-state index contributed by atoms with van der Waals surface area (Å²) in [5.74, 6) is 15.3. The van der Waals surface area contributed by atoms with E-state index < -0.39 is 0 Å². The minimum absolute atomic E-state index is 0.633. The average molecular weight is 501 g/mol. The molecule has 0 aliphatic carbocycles. The SMILES string of the molecule is COc1cc(C#Cc2ccc3ccc4ccc(C#Cc5cc(OC)cc(OC)c5)nc4c3n2)cc(OC)c1. The Labute approximate surface area is 221 Å². The first-order chi connectivity index (χ1) is 18.6. The Morgan fingerprint density at radius 1 is 0.447 bits per heavy atom. The second-order valence-electron chi connectivity index (χ2n) is 8.30. The van der Waals surface area contributed by atoms with Crippen molar-refractivity contribution >= 4 is 21.8 Å². The minimum atomic E-state index is 0.633. The van der Waals surface area contributed by atoms with E-state index in [2.05, 4.69) is 23.7 Å². The smallest absolute Gasteiger partial charge is 0.123 e. The second-order valence-corrected chi connectivity index (χ2v) is 8.30. The van der Waals surface area contributed by atoms with Crippen LogP contribution in [0.3, 0.4) is 0 Å². The van der Waals surface area contributed by atoms with E-state index in [0.29, 0.717) is 34.4 Å². The lowest BCUT2D eigenvalue weighted by atomic mass is 10.1. The lowest BCUT2D eigenvalue weighted by molar-refractivity contribution is 0.394. The predicted molar refractivity (Wildman–Crippen MR) is 148 cm³/mol. The van der Waals surface area contributed by atoms with E-state index in [0.717, 1.165) is 32.9 Å². The number of ether oxygens (including phenoxy) is 4. The zero-order valence-electron chi connectivity index (χ0n) is 21.5. The van der Waals surface area contributed by atoms with Gasteiger partial charge in [0, 0.05) is 34.0 Å². The van der Waals surface area contributed by atoms with Gasteiger partial charge in [-0.1, -0.05) is 24.0 Å². The summed E-state index contributed by atoms with van der Waals surface area (Å²) in [4.78, 5) is 9.66. The number of hydrogen-bond acceptors (Lipinski definition) is 6. The fraction of sp³-hybridized carbons (Fsp3) is 0.125. The maximum atomic E-state index is 5.34. The highest BCUT2D eigenvalue weighted by Crippen LogP contribution is 2.25. The maximum Gasteiger partial charge on any atom is 0.123 e. The number of aromatic nitrogens is 2. The van der Waals surface area contributed by atoms with Gasteiger partial charge in [0.15, 0.2) is 0 Å². The molecule has 186 valence electrons. The van der Waals surface area contributed by atoms with Crippen LogP contribution < -0.4 is 18.9 Å². The largest absolute Gasteiger partial charge is 0.497 e. The number of methoxy groups -OCH3 is 4. The Balaban J connectivity index is 1.54. The first-order valence-electron chi connectivity index (χ1n) is 11.8.